The number of aliphatic hydroxyl groups excluding tert-OH is 1. The summed E-state index contributed by atoms with van der Waals surface area (Å²) < 4.78 is 16.6. The van der Waals surface area contributed by atoms with Crippen LogP contribution in [0.2, 0.25) is 0 Å². The van der Waals surface area contributed by atoms with E-state index < -0.39 is 6.29 Å². The summed E-state index contributed by atoms with van der Waals surface area (Å²) in [6.07, 6.45) is -0.365. The summed E-state index contributed by atoms with van der Waals surface area (Å²) >= 11 is 0. The van der Waals surface area contributed by atoms with Gasteiger partial charge in [-0.15, -0.1) is 0 Å². The molecule has 2 saturated heterocycles. The molecule has 0 amide bonds. The van der Waals surface area contributed by atoms with E-state index >= 15 is 0 Å². The Morgan fingerprint density at radius 1 is 1.12 bits per heavy atom. The highest BCUT2D eigenvalue weighted by Gasteiger charge is 2.44. The molecule has 3 unspecified atom stereocenters. The van der Waals surface area contributed by atoms with Crippen molar-refractivity contribution >= 4 is 12.6 Å². The summed E-state index contributed by atoms with van der Waals surface area (Å²) in [7, 11) is -0.329. The molecule has 1 aromatic rings. The zero-order valence-corrected chi connectivity index (χ0v) is 8.78. The van der Waals surface area contributed by atoms with Gasteiger partial charge in [0.15, 0.2) is 6.29 Å². The van der Waals surface area contributed by atoms with Crippen molar-refractivity contribution in [2.75, 3.05) is 6.61 Å². The molecule has 2 fully saturated rings. The molecule has 0 radical (unpaired) electrons. The normalized spacial score (nSPS) is 33.8. The van der Waals surface area contributed by atoms with Gasteiger partial charge in [-0.05, 0) is 5.46 Å². The van der Waals surface area contributed by atoms with Crippen molar-refractivity contribution in [2.45, 2.75) is 24.9 Å². The van der Waals surface area contributed by atoms with E-state index in [9.17, 15) is 5.11 Å². The molecule has 3 atom stereocenters. The van der Waals surface area contributed by atoms with Crippen molar-refractivity contribution in [3.8, 4) is 0 Å². The van der Waals surface area contributed by atoms with Gasteiger partial charge in [0.05, 0.1) is 18.8 Å². The molecule has 1 N–H and O–H groups in total. The standard InChI is InChI=1S/C11H13BO4/c13-11-6-9-10(7-14-11)16-12(15-9)8-4-2-1-3-5-8/h1-5,9-11,13H,6-7H2. The van der Waals surface area contributed by atoms with Crippen LogP contribution < -0.4 is 5.46 Å². The zero-order chi connectivity index (χ0) is 11.0. The summed E-state index contributed by atoms with van der Waals surface area (Å²) in [4.78, 5) is 0. The molecule has 0 bridgehead atoms. The highest BCUT2D eigenvalue weighted by atomic mass is 16.7. The Balaban J connectivity index is 1.73. The summed E-state index contributed by atoms with van der Waals surface area (Å²) in [5.41, 5.74) is 1.01. The van der Waals surface area contributed by atoms with E-state index in [2.05, 4.69) is 0 Å². The lowest BCUT2D eigenvalue weighted by atomic mass is 9.79. The molecule has 0 spiro atoms. The minimum Gasteiger partial charge on any atom is -0.402 e. The predicted molar refractivity (Wildman–Crippen MR) is 58.2 cm³/mol. The van der Waals surface area contributed by atoms with Gasteiger partial charge in [0.1, 0.15) is 0 Å². The molecule has 4 nitrogen and oxygen atoms in total. The summed E-state index contributed by atoms with van der Waals surface area (Å²) in [5, 5.41) is 9.36. The quantitative estimate of drug-likeness (QED) is 0.671. The third-order valence-corrected chi connectivity index (χ3v) is 2.97. The van der Waals surface area contributed by atoms with E-state index in [-0.39, 0.29) is 19.3 Å². The molecule has 5 heteroatoms. The van der Waals surface area contributed by atoms with Crippen LogP contribution in [0.3, 0.4) is 0 Å². The van der Waals surface area contributed by atoms with Crippen molar-refractivity contribution in [3.63, 3.8) is 0 Å². The Hall–Kier alpha value is -0.875. The molecular weight excluding hydrogens is 207 g/mol. The number of ether oxygens (including phenoxy) is 1. The van der Waals surface area contributed by atoms with Gasteiger partial charge in [-0.25, -0.2) is 0 Å². The molecule has 3 rings (SSSR count). The Labute approximate surface area is 94.3 Å². The van der Waals surface area contributed by atoms with Gasteiger partial charge in [0, 0.05) is 6.42 Å². The average molecular weight is 220 g/mol. The Bertz CT molecular complexity index is 358. The third kappa shape index (κ3) is 1.87. The molecule has 2 heterocycles. The van der Waals surface area contributed by atoms with E-state index in [0.717, 1.165) is 5.46 Å². The van der Waals surface area contributed by atoms with Crippen molar-refractivity contribution in [3.05, 3.63) is 30.3 Å². The fourth-order valence-electron chi connectivity index (χ4n) is 2.12. The fourth-order valence-corrected chi connectivity index (χ4v) is 2.12. The van der Waals surface area contributed by atoms with Crippen LogP contribution >= 0.6 is 0 Å². The fraction of sp³-hybridized carbons (Fsp3) is 0.455. The van der Waals surface area contributed by atoms with Gasteiger partial charge >= 0.3 is 7.12 Å². The molecule has 1 aromatic carbocycles. The molecular formula is C11H13BO4. The summed E-state index contributed by atoms with van der Waals surface area (Å²) in [6, 6.07) is 9.81. The van der Waals surface area contributed by atoms with Crippen LogP contribution in [0.1, 0.15) is 6.42 Å². The molecule has 2 aliphatic rings. The molecule has 0 aromatic heterocycles. The molecule has 2 aliphatic heterocycles. The second-order valence-corrected chi connectivity index (χ2v) is 4.12. The van der Waals surface area contributed by atoms with Crippen LogP contribution in [-0.2, 0) is 14.0 Å². The largest absolute Gasteiger partial charge is 0.494 e. The molecule has 16 heavy (non-hydrogen) atoms. The molecule has 0 aliphatic carbocycles. The number of hydrogen-bond donors (Lipinski definition) is 1. The Morgan fingerprint density at radius 2 is 1.88 bits per heavy atom. The third-order valence-electron chi connectivity index (χ3n) is 2.97. The van der Waals surface area contributed by atoms with Crippen LogP contribution in [0.5, 0.6) is 0 Å². The first-order valence-electron chi connectivity index (χ1n) is 5.48. The van der Waals surface area contributed by atoms with Gasteiger partial charge < -0.3 is 19.2 Å². The molecule has 84 valence electrons. The number of benzene rings is 1. The predicted octanol–water partition coefficient (Wildman–Crippen LogP) is -0.0955. The van der Waals surface area contributed by atoms with Crippen molar-refractivity contribution in [2.24, 2.45) is 0 Å². The van der Waals surface area contributed by atoms with Crippen LogP contribution in [0, 0.1) is 0 Å². The van der Waals surface area contributed by atoms with E-state index in [1.54, 1.807) is 0 Å². The topological polar surface area (TPSA) is 47.9 Å². The Morgan fingerprint density at radius 3 is 2.69 bits per heavy atom. The van der Waals surface area contributed by atoms with Crippen molar-refractivity contribution < 1.29 is 19.2 Å². The van der Waals surface area contributed by atoms with E-state index in [1.165, 1.54) is 0 Å². The van der Waals surface area contributed by atoms with Gasteiger partial charge in [-0.1, -0.05) is 30.3 Å². The van der Waals surface area contributed by atoms with Gasteiger partial charge in [-0.3, -0.25) is 0 Å². The first-order valence-corrected chi connectivity index (χ1v) is 5.48. The monoisotopic (exact) mass is 220 g/mol. The molecule has 0 saturated carbocycles. The highest BCUT2D eigenvalue weighted by Crippen LogP contribution is 2.25. The van der Waals surface area contributed by atoms with Crippen molar-refractivity contribution in [1.29, 1.82) is 0 Å². The number of fused-ring (bicyclic) bond motifs is 1. The summed E-state index contributed by atoms with van der Waals surface area (Å²) in [5.74, 6) is 0. The first-order chi connectivity index (χ1) is 7.83. The summed E-state index contributed by atoms with van der Waals surface area (Å²) in [6.45, 7) is 0.398. The minimum absolute atomic E-state index is 0.0612. The minimum atomic E-state index is -0.723. The first kappa shape index (κ1) is 10.3. The zero-order valence-electron chi connectivity index (χ0n) is 8.78. The average Bonchev–Trinajstić information content (AvgIpc) is 2.73. The maximum Gasteiger partial charge on any atom is 0.494 e. The number of aliphatic hydroxyl groups is 1. The van der Waals surface area contributed by atoms with E-state index in [4.69, 9.17) is 14.0 Å². The lowest BCUT2D eigenvalue weighted by molar-refractivity contribution is -0.166. The number of hydrogen-bond acceptors (Lipinski definition) is 4. The SMILES string of the molecule is OC1CC2OB(c3ccccc3)OC2CO1. The smallest absolute Gasteiger partial charge is 0.402 e. The second kappa shape index (κ2) is 4.18. The van der Waals surface area contributed by atoms with Crippen LogP contribution in [0.25, 0.3) is 0 Å². The van der Waals surface area contributed by atoms with E-state index in [0.29, 0.717) is 13.0 Å². The van der Waals surface area contributed by atoms with Crippen molar-refractivity contribution in [1.82, 2.24) is 0 Å². The van der Waals surface area contributed by atoms with Gasteiger partial charge in [0.25, 0.3) is 0 Å². The van der Waals surface area contributed by atoms with Gasteiger partial charge in [0.2, 0.25) is 0 Å². The number of rotatable bonds is 1. The second-order valence-electron chi connectivity index (χ2n) is 4.12. The lowest BCUT2D eigenvalue weighted by Crippen LogP contribution is -2.39. The maximum absolute atomic E-state index is 9.36. The lowest BCUT2D eigenvalue weighted by Gasteiger charge is -2.27. The van der Waals surface area contributed by atoms with Crippen LogP contribution in [0.15, 0.2) is 30.3 Å². The van der Waals surface area contributed by atoms with Crippen LogP contribution in [0.4, 0.5) is 0 Å². The van der Waals surface area contributed by atoms with Gasteiger partial charge in [-0.2, -0.15) is 0 Å². The van der Waals surface area contributed by atoms with Crippen LogP contribution in [-0.4, -0.2) is 37.3 Å². The highest BCUT2D eigenvalue weighted by molar-refractivity contribution is 6.61. The Kier molecular flexibility index (Phi) is 2.69. The van der Waals surface area contributed by atoms with E-state index in [1.807, 2.05) is 30.3 Å². The maximum atomic E-state index is 9.36.